The van der Waals surface area contributed by atoms with E-state index in [2.05, 4.69) is 21.2 Å². The fourth-order valence-electron chi connectivity index (χ4n) is 1.11. The van der Waals surface area contributed by atoms with Crippen molar-refractivity contribution < 1.29 is 4.79 Å². The van der Waals surface area contributed by atoms with E-state index < -0.39 is 0 Å². The number of halogens is 1. The van der Waals surface area contributed by atoms with Gasteiger partial charge in [0.2, 0.25) is 0 Å². The molecular formula is C10H14BrNOS. The second kappa shape index (κ2) is 6.19. The summed E-state index contributed by atoms with van der Waals surface area (Å²) in [5, 5.41) is 5.86. The molecule has 0 atom stereocenters. The van der Waals surface area contributed by atoms with E-state index in [-0.39, 0.29) is 5.91 Å². The van der Waals surface area contributed by atoms with Crippen LogP contribution in [0, 0.1) is 6.92 Å². The molecular weight excluding hydrogens is 262 g/mol. The van der Waals surface area contributed by atoms with Gasteiger partial charge in [0.25, 0.3) is 5.91 Å². The maximum Gasteiger partial charge on any atom is 0.261 e. The van der Waals surface area contributed by atoms with Crippen LogP contribution in [0.2, 0.25) is 0 Å². The molecule has 0 bridgehead atoms. The van der Waals surface area contributed by atoms with Crippen LogP contribution in [0.15, 0.2) is 11.4 Å². The van der Waals surface area contributed by atoms with Crippen LogP contribution in [0.3, 0.4) is 0 Å². The van der Waals surface area contributed by atoms with E-state index in [1.165, 1.54) is 11.3 Å². The maximum atomic E-state index is 11.6. The minimum absolute atomic E-state index is 0.0621. The number of unbranched alkanes of at least 4 members (excludes halogenated alkanes) is 1. The van der Waals surface area contributed by atoms with Gasteiger partial charge in [-0.3, -0.25) is 4.79 Å². The molecule has 0 aliphatic rings. The second-order valence-electron chi connectivity index (χ2n) is 3.08. The van der Waals surface area contributed by atoms with Crippen LogP contribution in [0.4, 0.5) is 0 Å². The van der Waals surface area contributed by atoms with Gasteiger partial charge < -0.3 is 5.32 Å². The summed E-state index contributed by atoms with van der Waals surface area (Å²) in [5.74, 6) is 0.0621. The van der Waals surface area contributed by atoms with Gasteiger partial charge in [0.05, 0.1) is 4.88 Å². The Morgan fingerprint density at radius 2 is 2.36 bits per heavy atom. The van der Waals surface area contributed by atoms with Crippen LogP contribution in [-0.2, 0) is 0 Å². The summed E-state index contributed by atoms with van der Waals surface area (Å²) in [6, 6.07) is 1.97. The van der Waals surface area contributed by atoms with Gasteiger partial charge in [-0.25, -0.2) is 0 Å². The van der Waals surface area contributed by atoms with Crippen molar-refractivity contribution in [3.05, 3.63) is 21.9 Å². The van der Waals surface area contributed by atoms with E-state index >= 15 is 0 Å². The lowest BCUT2D eigenvalue weighted by Gasteiger charge is -2.03. The standard InChI is InChI=1S/C10H14BrNOS/c1-8-4-7-14-9(8)10(13)12-6-3-2-5-11/h4,7H,2-3,5-6H2,1H3,(H,12,13). The molecule has 1 amide bonds. The Morgan fingerprint density at radius 3 is 2.93 bits per heavy atom. The highest BCUT2D eigenvalue weighted by Gasteiger charge is 2.08. The normalized spacial score (nSPS) is 10.1. The Kier molecular flexibility index (Phi) is 5.19. The Morgan fingerprint density at radius 1 is 1.57 bits per heavy atom. The lowest BCUT2D eigenvalue weighted by Crippen LogP contribution is -2.24. The molecule has 0 aromatic carbocycles. The molecule has 1 N–H and O–H groups in total. The van der Waals surface area contributed by atoms with E-state index in [1.54, 1.807) is 0 Å². The first kappa shape index (κ1) is 11.7. The van der Waals surface area contributed by atoms with Gasteiger partial charge in [-0.05, 0) is 36.8 Å². The third-order valence-electron chi connectivity index (χ3n) is 1.91. The summed E-state index contributed by atoms with van der Waals surface area (Å²) in [6.07, 6.45) is 2.13. The zero-order chi connectivity index (χ0) is 10.4. The van der Waals surface area contributed by atoms with Crippen LogP contribution in [0.25, 0.3) is 0 Å². The molecule has 0 saturated carbocycles. The first-order chi connectivity index (χ1) is 6.75. The molecule has 1 aromatic rings. The van der Waals surface area contributed by atoms with Crippen molar-refractivity contribution in [3.63, 3.8) is 0 Å². The highest BCUT2D eigenvalue weighted by atomic mass is 79.9. The molecule has 0 fully saturated rings. The smallest absolute Gasteiger partial charge is 0.261 e. The van der Waals surface area contributed by atoms with E-state index in [4.69, 9.17) is 0 Å². The van der Waals surface area contributed by atoms with Crippen molar-refractivity contribution in [2.45, 2.75) is 19.8 Å². The topological polar surface area (TPSA) is 29.1 Å². The maximum absolute atomic E-state index is 11.6. The fraction of sp³-hybridized carbons (Fsp3) is 0.500. The van der Waals surface area contributed by atoms with Gasteiger partial charge >= 0.3 is 0 Å². The number of hydrogen-bond acceptors (Lipinski definition) is 2. The summed E-state index contributed by atoms with van der Waals surface area (Å²) in [4.78, 5) is 12.4. The van der Waals surface area contributed by atoms with E-state index in [9.17, 15) is 4.79 Å². The quantitative estimate of drug-likeness (QED) is 0.650. The van der Waals surface area contributed by atoms with Crippen LogP contribution >= 0.6 is 27.3 Å². The molecule has 0 radical (unpaired) electrons. The number of thiophene rings is 1. The van der Waals surface area contributed by atoms with Gasteiger partial charge in [0, 0.05) is 11.9 Å². The van der Waals surface area contributed by atoms with Gasteiger partial charge in [0.15, 0.2) is 0 Å². The minimum Gasteiger partial charge on any atom is -0.351 e. The summed E-state index contributed by atoms with van der Waals surface area (Å²) in [7, 11) is 0. The molecule has 1 heterocycles. The Labute approximate surface area is 96.8 Å². The Hall–Kier alpha value is -0.350. The number of hydrogen-bond donors (Lipinski definition) is 1. The zero-order valence-corrected chi connectivity index (χ0v) is 10.6. The SMILES string of the molecule is Cc1ccsc1C(=O)NCCCCBr. The minimum atomic E-state index is 0.0621. The van der Waals surface area contributed by atoms with Crippen LogP contribution in [0.5, 0.6) is 0 Å². The highest BCUT2D eigenvalue weighted by Crippen LogP contribution is 2.14. The zero-order valence-electron chi connectivity index (χ0n) is 8.18. The van der Waals surface area contributed by atoms with Gasteiger partial charge in [-0.1, -0.05) is 15.9 Å². The fourth-order valence-corrected chi connectivity index (χ4v) is 2.34. The van der Waals surface area contributed by atoms with Crippen molar-refractivity contribution in [2.24, 2.45) is 0 Å². The van der Waals surface area contributed by atoms with Crippen LogP contribution in [-0.4, -0.2) is 17.8 Å². The van der Waals surface area contributed by atoms with Gasteiger partial charge in [-0.15, -0.1) is 11.3 Å². The molecule has 0 aliphatic heterocycles. The average Bonchev–Trinajstić information content (AvgIpc) is 2.59. The predicted molar refractivity (Wildman–Crippen MR) is 64.4 cm³/mol. The summed E-state index contributed by atoms with van der Waals surface area (Å²) < 4.78 is 0. The number of carbonyl (C=O) groups is 1. The highest BCUT2D eigenvalue weighted by molar-refractivity contribution is 9.09. The van der Waals surface area contributed by atoms with Crippen LogP contribution in [0.1, 0.15) is 28.1 Å². The van der Waals surface area contributed by atoms with E-state index in [0.29, 0.717) is 0 Å². The number of rotatable bonds is 5. The lowest BCUT2D eigenvalue weighted by atomic mass is 10.3. The summed E-state index contributed by atoms with van der Waals surface area (Å²) >= 11 is 4.86. The molecule has 4 heteroatoms. The predicted octanol–water partition coefficient (Wildman–Crippen LogP) is 2.96. The number of aryl methyl sites for hydroxylation is 1. The van der Waals surface area contributed by atoms with Crippen molar-refractivity contribution in [1.82, 2.24) is 5.32 Å². The van der Waals surface area contributed by atoms with E-state index in [1.807, 2.05) is 18.4 Å². The molecule has 0 unspecified atom stereocenters. The molecule has 1 rings (SSSR count). The number of carbonyl (C=O) groups excluding carboxylic acids is 1. The molecule has 0 aliphatic carbocycles. The molecule has 0 saturated heterocycles. The van der Waals surface area contributed by atoms with Crippen LogP contribution < -0.4 is 5.32 Å². The second-order valence-corrected chi connectivity index (χ2v) is 4.79. The third-order valence-corrected chi connectivity index (χ3v) is 3.49. The number of nitrogens with one attached hydrogen (secondary N) is 1. The molecule has 2 nitrogen and oxygen atoms in total. The lowest BCUT2D eigenvalue weighted by molar-refractivity contribution is 0.0956. The number of alkyl halides is 1. The first-order valence-corrected chi connectivity index (χ1v) is 6.64. The molecule has 78 valence electrons. The van der Waals surface area contributed by atoms with Crippen molar-refractivity contribution in [3.8, 4) is 0 Å². The van der Waals surface area contributed by atoms with Crippen molar-refractivity contribution >= 4 is 33.2 Å². The molecule has 0 spiro atoms. The Bertz CT molecular complexity index is 298. The van der Waals surface area contributed by atoms with Gasteiger partial charge in [0.1, 0.15) is 0 Å². The van der Waals surface area contributed by atoms with E-state index in [0.717, 1.165) is 35.2 Å². The summed E-state index contributed by atoms with van der Waals surface area (Å²) in [5.41, 5.74) is 1.06. The largest absolute Gasteiger partial charge is 0.351 e. The molecule has 14 heavy (non-hydrogen) atoms. The molecule has 1 aromatic heterocycles. The average molecular weight is 276 g/mol. The summed E-state index contributed by atoms with van der Waals surface area (Å²) in [6.45, 7) is 2.73. The Balaban J connectivity index is 2.32. The first-order valence-electron chi connectivity index (χ1n) is 4.64. The third kappa shape index (κ3) is 3.42. The van der Waals surface area contributed by atoms with Crippen molar-refractivity contribution in [2.75, 3.05) is 11.9 Å². The van der Waals surface area contributed by atoms with Crippen molar-refractivity contribution in [1.29, 1.82) is 0 Å². The van der Waals surface area contributed by atoms with Gasteiger partial charge in [-0.2, -0.15) is 0 Å². The monoisotopic (exact) mass is 275 g/mol. The number of amides is 1.